The third kappa shape index (κ3) is 4.79. The second kappa shape index (κ2) is 8.27. The SMILES string of the molecule is CCc1ccc(NC(=O)c2cncc(C(=O)Nc3ccc(C)cc3)c2)cc1. The molecule has 1 aromatic heterocycles. The molecule has 0 saturated heterocycles. The van der Waals surface area contributed by atoms with Gasteiger partial charge in [0.05, 0.1) is 11.1 Å². The number of aryl methyl sites for hydroxylation is 2. The van der Waals surface area contributed by atoms with E-state index in [4.69, 9.17) is 0 Å². The molecule has 1 heterocycles. The average molecular weight is 359 g/mol. The third-order valence-corrected chi connectivity index (χ3v) is 4.19. The van der Waals surface area contributed by atoms with Crippen molar-refractivity contribution < 1.29 is 9.59 Å². The number of anilines is 2. The van der Waals surface area contributed by atoms with E-state index in [9.17, 15) is 9.59 Å². The van der Waals surface area contributed by atoms with Crippen molar-refractivity contribution in [2.45, 2.75) is 20.3 Å². The fraction of sp³-hybridized carbons (Fsp3) is 0.136. The number of nitrogens with zero attached hydrogens (tertiary/aromatic N) is 1. The number of pyridine rings is 1. The van der Waals surface area contributed by atoms with Gasteiger partial charge in [-0.25, -0.2) is 0 Å². The van der Waals surface area contributed by atoms with E-state index in [0.717, 1.165) is 12.0 Å². The van der Waals surface area contributed by atoms with Gasteiger partial charge in [0, 0.05) is 23.8 Å². The van der Waals surface area contributed by atoms with Gasteiger partial charge < -0.3 is 10.6 Å². The first-order valence-corrected chi connectivity index (χ1v) is 8.78. The highest BCUT2D eigenvalue weighted by Crippen LogP contribution is 2.14. The minimum atomic E-state index is -0.312. The number of hydrogen-bond acceptors (Lipinski definition) is 3. The van der Waals surface area contributed by atoms with Crippen LogP contribution in [0.2, 0.25) is 0 Å². The van der Waals surface area contributed by atoms with Crippen molar-refractivity contribution in [3.05, 3.63) is 89.2 Å². The zero-order valence-corrected chi connectivity index (χ0v) is 15.3. The molecule has 136 valence electrons. The maximum Gasteiger partial charge on any atom is 0.257 e. The number of carbonyl (C=O) groups is 2. The summed E-state index contributed by atoms with van der Waals surface area (Å²) in [5.41, 5.74) is 4.35. The molecule has 0 aliphatic heterocycles. The molecular formula is C22H21N3O2. The molecular weight excluding hydrogens is 338 g/mol. The zero-order chi connectivity index (χ0) is 19.2. The Labute approximate surface area is 158 Å². The van der Waals surface area contributed by atoms with Crippen LogP contribution in [0.15, 0.2) is 67.0 Å². The highest BCUT2D eigenvalue weighted by Gasteiger charge is 2.12. The van der Waals surface area contributed by atoms with Crippen LogP contribution in [0.3, 0.4) is 0 Å². The van der Waals surface area contributed by atoms with E-state index in [-0.39, 0.29) is 11.8 Å². The van der Waals surface area contributed by atoms with E-state index >= 15 is 0 Å². The van der Waals surface area contributed by atoms with Gasteiger partial charge in [0.15, 0.2) is 0 Å². The normalized spacial score (nSPS) is 10.3. The molecule has 0 atom stereocenters. The third-order valence-electron chi connectivity index (χ3n) is 4.19. The quantitative estimate of drug-likeness (QED) is 0.707. The van der Waals surface area contributed by atoms with Gasteiger partial charge in [-0.05, 0) is 49.2 Å². The summed E-state index contributed by atoms with van der Waals surface area (Å²) in [6, 6.07) is 16.7. The van der Waals surface area contributed by atoms with Crippen molar-refractivity contribution in [3.8, 4) is 0 Å². The van der Waals surface area contributed by atoms with Crippen LogP contribution in [-0.4, -0.2) is 16.8 Å². The van der Waals surface area contributed by atoms with Crippen LogP contribution < -0.4 is 10.6 Å². The molecule has 0 aliphatic carbocycles. The molecule has 5 heteroatoms. The predicted molar refractivity (Wildman–Crippen MR) is 107 cm³/mol. The second-order valence-electron chi connectivity index (χ2n) is 6.29. The molecule has 3 rings (SSSR count). The number of rotatable bonds is 5. The van der Waals surface area contributed by atoms with Crippen LogP contribution in [0.5, 0.6) is 0 Å². The summed E-state index contributed by atoms with van der Waals surface area (Å²) in [5, 5.41) is 5.62. The Kier molecular flexibility index (Phi) is 5.61. The lowest BCUT2D eigenvalue weighted by molar-refractivity contribution is 0.102. The van der Waals surface area contributed by atoms with Gasteiger partial charge in [-0.2, -0.15) is 0 Å². The van der Waals surface area contributed by atoms with Crippen molar-refractivity contribution in [1.29, 1.82) is 0 Å². The summed E-state index contributed by atoms with van der Waals surface area (Å²) < 4.78 is 0. The van der Waals surface area contributed by atoms with Gasteiger partial charge in [0.25, 0.3) is 11.8 Å². The van der Waals surface area contributed by atoms with Crippen LogP contribution in [0.1, 0.15) is 38.8 Å². The number of carbonyl (C=O) groups excluding carboxylic acids is 2. The van der Waals surface area contributed by atoms with Gasteiger partial charge in [-0.1, -0.05) is 36.8 Å². The Morgan fingerprint density at radius 2 is 1.30 bits per heavy atom. The molecule has 0 unspecified atom stereocenters. The molecule has 0 radical (unpaired) electrons. The highest BCUT2D eigenvalue weighted by atomic mass is 16.2. The first-order valence-electron chi connectivity index (χ1n) is 8.78. The van der Waals surface area contributed by atoms with Crippen molar-refractivity contribution in [2.24, 2.45) is 0 Å². The van der Waals surface area contributed by atoms with E-state index in [1.807, 2.05) is 55.5 Å². The fourth-order valence-electron chi connectivity index (χ4n) is 2.56. The van der Waals surface area contributed by atoms with E-state index in [1.165, 1.54) is 24.0 Å². The van der Waals surface area contributed by atoms with Crippen molar-refractivity contribution in [3.63, 3.8) is 0 Å². The van der Waals surface area contributed by atoms with E-state index in [0.29, 0.717) is 22.5 Å². The van der Waals surface area contributed by atoms with Crippen LogP contribution >= 0.6 is 0 Å². The number of amides is 2. The lowest BCUT2D eigenvalue weighted by Crippen LogP contribution is -2.16. The molecule has 5 nitrogen and oxygen atoms in total. The monoisotopic (exact) mass is 359 g/mol. The number of hydrogen-bond donors (Lipinski definition) is 2. The van der Waals surface area contributed by atoms with Gasteiger partial charge in [-0.3, -0.25) is 14.6 Å². The summed E-state index contributed by atoms with van der Waals surface area (Å²) in [4.78, 5) is 28.9. The lowest BCUT2D eigenvalue weighted by Gasteiger charge is -2.08. The molecule has 3 aromatic rings. The molecule has 0 spiro atoms. The topological polar surface area (TPSA) is 71.1 Å². The Bertz CT molecular complexity index is 948. The van der Waals surface area contributed by atoms with Gasteiger partial charge >= 0.3 is 0 Å². The first kappa shape index (κ1) is 18.3. The van der Waals surface area contributed by atoms with E-state index in [2.05, 4.69) is 22.5 Å². The molecule has 0 fully saturated rings. The molecule has 2 N–H and O–H groups in total. The van der Waals surface area contributed by atoms with Gasteiger partial charge in [-0.15, -0.1) is 0 Å². The molecule has 0 aliphatic rings. The second-order valence-corrected chi connectivity index (χ2v) is 6.29. The number of aromatic nitrogens is 1. The molecule has 2 aromatic carbocycles. The summed E-state index contributed by atoms with van der Waals surface area (Å²) in [5.74, 6) is -0.620. The van der Waals surface area contributed by atoms with Crippen molar-refractivity contribution in [1.82, 2.24) is 4.98 Å². The zero-order valence-electron chi connectivity index (χ0n) is 15.3. The highest BCUT2D eigenvalue weighted by molar-refractivity contribution is 6.08. The first-order chi connectivity index (χ1) is 13.0. The van der Waals surface area contributed by atoms with Gasteiger partial charge in [0.2, 0.25) is 0 Å². The minimum absolute atomic E-state index is 0.309. The smallest absolute Gasteiger partial charge is 0.257 e. The standard InChI is InChI=1S/C22H21N3O2/c1-3-16-6-10-20(11-7-16)25-22(27)18-12-17(13-23-14-18)21(26)24-19-8-4-15(2)5-9-19/h4-14H,3H2,1-2H3,(H,24,26)(H,25,27). The summed E-state index contributed by atoms with van der Waals surface area (Å²) in [6.45, 7) is 4.06. The minimum Gasteiger partial charge on any atom is -0.322 e. The largest absolute Gasteiger partial charge is 0.322 e. The average Bonchev–Trinajstić information content (AvgIpc) is 2.70. The Morgan fingerprint density at radius 3 is 1.78 bits per heavy atom. The van der Waals surface area contributed by atoms with Crippen molar-refractivity contribution in [2.75, 3.05) is 10.6 Å². The molecule has 2 amide bonds. The maximum absolute atomic E-state index is 12.5. The van der Waals surface area contributed by atoms with Crippen LogP contribution in [0.4, 0.5) is 11.4 Å². The summed E-state index contributed by atoms with van der Waals surface area (Å²) >= 11 is 0. The Balaban J connectivity index is 1.70. The Hall–Kier alpha value is -3.47. The van der Waals surface area contributed by atoms with E-state index < -0.39 is 0 Å². The fourth-order valence-corrected chi connectivity index (χ4v) is 2.56. The molecule has 0 saturated carbocycles. The Morgan fingerprint density at radius 1 is 0.815 bits per heavy atom. The van der Waals surface area contributed by atoms with Crippen LogP contribution in [-0.2, 0) is 6.42 Å². The van der Waals surface area contributed by atoms with Gasteiger partial charge in [0.1, 0.15) is 0 Å². The van der Waals surface area contributed by atoms with Crippen LogP contribution in [0, 0.1) is 6.92 Å². The molecule has 0 bridgehead atoms. The number of benzene rings is 2. The molecule has 27 heavy (non-hydrogen) atoms. The number of nitrogens with one attached hydrogen (secondary N) is 2. The predicted octanol–water partition coefficient (Wildman–Crippen LogP) is 4.46. The summed E-state index contributed by atoms with van der Waals surface area (Å²) in [7, 11) is 0. The lowest BCUT2D eigenvalue weighted by atomic mass is 10.1. The van der Waals surface area contributed by atoms with Crippen molar-refractivity contribution >= 4 is 23.2 Å². The van der Waals surface area contributed by atoms with E-state index in [1.54, 1.807) is 0 Å². The summed E-state index contributed by atoms with van der Waals surface area (Å²) in [6.07, 6.45) is 3.82. The maximum atomic E-state index is 12.5. The van der Waals surface area contributed by atoms with Crippen LogP contribution in [0.25, 0.3) is 0 Å².